The number of pyridine rings is 2. The fourth-order valence-electron chi connectivity index (χ4n) is 2.43. The van der Waals surface area contributed by atoms with Crippen LogP contribution in [0.3, 0.4) is 0 Å². The van der Waals surface area contributed by atoms with Crippen LogP contribution in [-0.4, -0.2) is 20.1 Å². The molecule has 4 rings (SSSR count). The lowest BCUT2D eigenvalue weighted by Crippen LogP contribution is -1.89. The number of hydrogen-bond donors (Lipinski definition) is 1. The third kappa shape index (κ3) is 2.50. The fourth-order valence-corrected chi connectivity index (χ4v) is 2.43. The number of rotatable bonds is 2. The molecular formula is C17H13N5O. The van der Waals surface area contributed by atoms with Crippen LogP contribution in [0, 0.1) is 6.92 Å². The summed E-state index contributed by atoms with van der Waals surface area (Å²) in [6.45, 7) is 1.76. The largest absolute Gasteiger partial charge is 0.384 e. The Balaban J connectivity index is 1.82. The Hall–Kier alpha value is -3.28. The summed E-state index contributed by atoms with van der Waals surface area (Å²) in [5.41, 5.74) is 9.41. The number of aryl methyl sites for hydroxylation is 1. The van der Waals surface area contributed by atoms with E-state index in [0.29, 0.717) is 17.5 Å². The molecule has 112 valence electrons. The summed E-state index contributed by atoms with van der Waals surface area (Å²) in [7, 11) is 0. The molecule has 0 fully saturated rings. The van der Waals surface area contributed by atoms with Crippen molar-refractivity contribution >= 4 is 16.7 Å². The van der Waals surface area contributed by atoms with Crippen molar-refractivity contribution in [3.8, 4) is 22.5 Å². The Morgan fingerprint density at radius 2 is 1.70 bits per heavy atom. The normalized spacial score (nSPS) is 11.0. The van der Waals surface area contributed by atoms with E-state index in [0.717, 1.165) is 27.6 Å². The number of anilines is 1. The van der Waals surface area contributed by atoms with E-state index in [2.05, 4.69) is 26.2 Å². The summed E-state index contributed by atoms with van der Waals surface area (Å²) in [6, 6.07) is 11.8. The SMILES string of the molecule is Cc1nc(-c2cnc3ccc(-c4ccc(N)nc4)cc3c2)no1. The second-order valence-electron chi connectivity index (χ2n) is 5.24. The molecule has 0 radical (unpaired) electrons. The minimum absolute atomic E-state index is 0.506. The molecule has 6 nitrogen and oxygen atoms in total. The van der Waals surface area contributed by atoms with E-state index in [1.165, 1.54) is 0 Å². The zero-order valence-corrected chi connectivity index (χ0v) is 12.4. The van der Waals surface area contributed by atoms with Gasteiger partial charge in [-0.15, -0.1) is 0 Å². The van der Waals surface area contributed by atoms with Crippen LogP contribution in [0.25, 0.3) is 33.4 Å². The minimum Gasteiger partial charge on any atom is -0.384 e. The van der Waals surface area contributed by atoms with Crippen LogP contribution in [0.2, 0.25) is 0 Å². The molecule has 0 spiro atoms. The minimum atomic E-state index is 0.506. The van der Waals surface area contributed by atoms with Gasteiger partial charge in [0.2, 0.25) is 11.7 Å². The number of hydrogen-bond acceptors (Lipinski definition) is 6. The highest BCUT2D eigenvalue weighted by Crippen LogP contribution is 2.26. The third-order valence-electron chi connectivity index (χ3n) is 3.59. The summed E-state index contributed by atoms with van der Waals surface area (Å²) in [5, 5.41) is 4.93. The van der Waals surface area contributed by atoms with Gasteiger partial charge in [0.15, 0.2) is 0 Å². The molecule has 3 heterocycles. The first kappa shape index (κ1) is 13.4. The molecule has 0 atom stereocenters. The first-order valence-corrected chi connectivity index (χ1v) is 7.11. The third-order valence-corrected chi connectivity index (χ3v) is 3.59. The molecule has 6 heteroatoms. The number of benzene rings is 1. The Bertz CT molecular complexity index is 991. The molecule has 3 aromatic heterocycles. The maximum atomic E-state index is 5.64. The van der Waals surface area contributed by atoms with E-state index in [-0.39, 0.29) is 0 Å². The van der Waals surface area contributed by atoms with Gasteiger partial charge in [-0.25, -0.2) is 4.98 Å². The molecule has 0 aliphatic heterocycles. The van der Waals surface area contributed by atoms with Gasteiger partial charge < -0.3 is 10.3 Å². The molecule has 4 aromatic rings. The first-order chi connectivity index (χ1) is 11.2. The summed E-state index contributed by atoms with van der Waals surface area (Å²) >= 11 is 0. The summed E-state index contributed by atoms with van der Waals surface area (Å²) in [4.78, 5) is 12.8. The van der Waals surface area contributed by atoms with Gasteiger partial charge >= 0.3 is 0 Å². The van der Waals surface area contributed by atoms with Crippen molar-refractivity contribution in [3.05, 3.63) is 54.7 Å². The number of nitrogens with two attached hydrogens (primary N) is 1. The van der Waals surface area contributed by atoms with Crippen molar-refractivity contribution in [1.29, 1.82) is 0 Å². The average Bonchev–Trinajstić information content (AvgIpc) is 3.01. The van der Waals surface area contributed by atoms with Gasteiger partial charge in [-0.1, -0.05) is 11.2 Å². The molecule has 0 aliphatic carbocycles. The zero-order chi connectivity index (χ0) is 15.8. The molecule has 0 aliphatic rings. The van der Waals surface area contributed by atoms with E-state index in [4.69, 9.17) is 10.3 Å². The molecule has 0 amide bonds. The van der Waals surface area contributed by atoms with Gasteiger partial charge in [-0.3, -0.25) is 4.98 Å². The molecule has 23 heavy (non-hydrogen) atoms. The van der Waals surface area contributed by atoms with Crippen molar-refractivity contribution in [2.75, 3.05) is 5.73 Å². The quantitative estimate of drug-likeness (QED) is 0.611. The predicted octanol–water partition coefficient (Wildman–Crippen LogP) is 3.24. The van der Waals surface area contributed by atoms with Crippen LogP contribution in [0.4, 0.5) is 5.82 Å². The van der Waals surface area contributed by atoms with Gasteiger partial charge in [0.1, 0.15) is 5.82 Å². The highest BCUT2D eigenvalue weighted by atomic mass is 16.5. The van der Waals surface area contributed by atoms with Gasteiger partial charge in [-0.05, 0) is 35.9 Å². The molecule has 1 aromatic carbocycles. The van der Waals surface area contributed by atoms with Crippen molar-refractivity contribution in [2.45, 2.75) is 6.92 Å². The standard InChI is InChI=1S/C17H13N5O/c1-10-21-17(22-23-10)14-7-13-6-11(2-4-15(13)19-9-14)12-3-5-16(18)20-8-12/h2-9H,1H3,(H2,18,20). The maximum absolute atomic E-state index is 5.64. The van der Waals surface area contributed by atoms with Crippen LogP contribution in [0.15, 0.2) is 53.3 Å². The maximum Gasteiger partial charge on any atom is 0.223 e. The average molecular weight is 303 g/mol. The highest BCUT2D eigenvalue weighted by Gasteiger charge is 2.08. The Morgan fingerprint density at radius 1 is 0.913 bits per heavy atom. The molecule has 0 saturated carbocycles. The van der Waals surface area contributed by atoms with E-state index >= 15 is 0 Å². The Kier molecular flexibility index (Phi) is 3.01. The van der Waals surface area contributed by atoms with Crippen LogP contribution in [0.5, 0.6) is 0 Å². The van der Waals surface area contributed by atoms with Crippen LogP contribution < -0.4 is 5.73 Å². The van der Waals surface area contributed by atoms with Crippen molar-refractivity contribution in [1.82, 2.24) is 20.1 Å². The molecule has 0 unspecified atom stereocenters. The molecular weight excluding hydrogens is 290 g/mol. The van der Waals surface area contributed by atoms with Gasteiger partial charge in [0, 0.05) is 35.8 Å². The number of fused-ring (bicyclic) bond motifs is 1. The number of nitrogen functional groups attached to an aromatic ring is 1. The monoisotopic (exact) mass is 303 g/mol. The van der Waals surface area contributed by atoms with Crippen molar-refractivity contribution < 1.29 is 4.52 Å². The topological polar surface area (TPSA) is 90.7 Å². The second-order valence-corrected chi connectivity index (χ2v) is 5.24. The first-order valence-electron chi connectivity index (χ1n) is 7.11. The Labute approximate surface area is 132 Å². The molecule has 2 N–H and O–H groups in total. The summed E-state index contributed by atoms with van der Waals surface area (Å²) in [5.74, 6) is 1.57. The molecule has 0 bridgehead atoms. The van der Waals surface area contributed by atoms with Gasteiger partial charge in [0.25, 0.3) is 0 Å². The fraction of sp³-hybridized carbons (Fsp3) is 0.0588. The lowest BCUT2D eigenvalue weighted by Gasteiger charge is -2.05. The van der Waals surface area contributed by atoms with Crippen LogP contribution >= 0.6 is 0 Å². The lowest BCUT2D eigenvalue weighted by atomic mass is 10.0. The summed E-state index contributed by atoms with van der Waals surface area (Å²) in [6.07, 6.45) is 3.51. The number of nitrogens with zero attached hydrogens (tertiary/aromatic N) is 4. The van der Waals surface area contributed by atoms with Crippen molar-refractivity contribution in [2.24, 2.45) is 0 Å². The van der Waals surface area contributed by atoms with E-state index in [9.17, 15) is 0 Å². The van der Waals surface area contributed by atoms with Gasteiger partial charge in [-0.2, -0.15) is 4.98 Å². The van der Waals surface area contributed by atoms with Crippen LogP contribution in [-0.2, 0) is 0 Å². The highest BCUT2D eigenvalue weighted by molar-refractivity contribution is 5.87. The second kappa shape index (κ2) is 5.17. The van der Waals surface area contributed by atoms with Crippen molar-refractivity contribution in [3.63, 3.8) is 0 Å². The van der Waals surface area contributed by atoms with E-state index in [1.54, 1.807) is 25.4 Å². The van der Waals surface area contributed by atoms with Gasteiger partial charge in [0.05, 0.1) is 5.52 Å². The molecule has 0 saturated heterocycles. The lowest BCUT2D eigenvalue weighted by molar-refractivity contribution is 0.394. The van der Waals surface area contributed by atoms with E-state index in [1.807, 2.05) is 24.3 Å². The van der Waals surface area contributed by atoms with E-state index < -0.39 is 0 Å². The smallest absolute Gasteiger partial charge is 0.223 e. The number of aromatic nitrogens is 4. The zero-order valence-electron chi connectivity index (χ0n) is 12.4. The summed E-state index contributed by atoms with van der Waals surface area (Å²) < 4.78 is 5.03. The Morgan fingerprint density at radius 3 is 2.43 bits per heavy atom. The predicted molar refractivity (Wildman–Crippen MR) is 87.4 cm³/mol. The van der Waals surface area contributed by atoms with Crippen LogP contribution in [0.1, 0.15) is 5.89 Å².